The SMILES string of the molecule is COc1ccc(-n2cc(-n3cc([N+](=O)[O-])cn3)cn2)cc1. The van der Waals surface area contributed by atoms with Crippen molar-refractivity contribution in [2.24, 2.45) is 0 Å². The Balaban J connectivity index is 1.89. The van der Waals surface area contributed by atoms with Crippen LogP contribution in [0, 0.1) is 10.1 Å². The van der Waals surface area contributed by atoms with Gasteiger partial charge in [-0.1, -0.05) is 0 Å². The predicted octanol–water partition coefficient (Wildman–Crippen LogP) is 1.97. The van der Waals surface area contributed by atoms with Crippen LogP contribution in [0.4, 0.5) is 5.69 Å². The fourth-order valence-electron chi connectivity index (χ4n) is 1.86. The second kappa shape index (κ2) is 5.08. The van der Waals surface area contributed by atoms with E-state index < -0.39 is 4.92 Å². The molecular formula is C13H11N5O3. The van der Waals surface area contributed by atoms with Gasteiger partial charge in [-0.15, -0.1) is 0 Å². The molecule has 1 aromatic carbocycles. The third kappa shape index (κ3) is 2.46. The van der Waals surface area contributed by atoms with Crippen LogP contribution in [0.3, 0.4) is 0 Å². The number of ether oxygens (including phenoxy) is 1. The predicted molar refractivity (Wildman–Crippen MR) is 73.9 cm³/mol. The lowest BCUT2D eigenvalue weighted by Crippen LogP contribution is -1.95. The van der Waals surface area contributed by atoms with E-state index in [-0.39, 0.29) is 5.69 Å². The molecule has 3 aromatic rings. The Bertz CT molecular complexity index is 775. The van der Waals surface area contributed by atoms with Crippen molar-refractivity contribution in [1.82, 2.24) is 19.6 Å². The number of aromatic nitrogens is 4. The molecule has 0 N–H and O–H groups in total. The molecule has 0 spiro atoms. The Morgan fingerprint density at radius 2 is 1.71 bits per heavy atom. The molecule has 0 bridgehead atoms. The van der Waals surface area contributed by atoms with Crippen LogP contribution < -0.4 is 4.74 Å². The molecule has 0 saturated carbocycles. The van der Waals surface area contributed by atoms with Crippen LogP contribution in [0.1, 0.15) is 0 Å². The first-order valence-electron chi connectivity index (χ1n) is 6.06. The molecule has 0 radical (unpaired) electrons. The van der Waals surface area contributed by atoms with Gasteiger partial charge in [0.05, 0.1) is 30.1 Å². The van der Waals surface area contributed by atoms with Gasteiger partial charge in [0.1, 0.15) is 23.8 Å². The molecule has 0 aliphatic heterocycles. The second-order valence-electron chi connectivity index (χ2n) is 4.24. The summed E-state index contributed by atoms with van der Waals surface area (Å²) in [5.41, 5.74) is 1.43. The van der Waals surface area contributed by atoms with Gasteiger partial charge in [-0.3, -0.25) is 10.1 Å². The fourth-order valence-corrected chi connectivity index (χ4v) is 1.86. The van der Waals surface area contributed by atoms with Crippen molar-refractivity contribution >= 4 is 5.69 Å². The minimum atomic E-state index is -0.489. The van der Waals surface area contributed by atoms with E-state index in [0.29, 0.717) is 5.69 Å². The summed E-state index contributed by atoms with van der Waals surface area (Å²) < 4.78 is 8.16. The lowest BCUT2D eigenvalue weighted by atomic mass is 10.3. The minimum absolute atomic E-state index is 0.0628. The van der Waals surface area contributed by atoms with Crippen LogP contribution in [0.15, 0.2) is 49.1 Å². The van der Waals surface area contributed by atoms with E-state index in [4.69, 9.17) is 4.74 Å². The highest BCUT2D eigenvalue weighted by Crippen LogP contribution is 2.17. The molecule has 2 heterocycles. The maximum atomic E-state index is 10.7. The van der Waals surface area contributed by atoms with Crippen molar-refractivity contribution in [2.75, 3.05) is 7.11 Å². The highest BCUT2D eigenvalue weighted by Gasteiger charge is 2.11. The zero-order valence-electron chi connectivity index (χ0n) is 11.1. The highest BCUT2D eigenvalue weighted by atomic mass is 16.6. The Morgan fingerprint density at radius 3 is 2.33 bits per heavy atom. The highest BCUT2D eigenvalue weighted by molar-refractivity contribution is 5.39. The summed E-state index contributed by atoms with van der Waals surface area (Å²) in [5, 5.41) is 18.8. The number of rotatable bonds is 4. The largest absolute Gasteiger partial charge is 0.497 e. The number of methoxy groups -OCH3 is 1. The van der Waals surface area contributed by atoms with E-state index in [1.165, 1.54) is 17.1 Å². The zero-order valence-corrected chi connectivity index (χ0v) is 11.1. The van der Waals surface area contributed by atoms with E-state index in [0.717, 1.165) is 11.4 Å². The van der Waals surface area contributed by atoms with Gasteiger partial charge in [0.2, 0.25) is 0 Å². The number of hydrogen-bond acceptors (Lipinski definition) is 5. The molecule has 0 fully saturated rings. The van der Waals surface area contributed by atoms with Crippen LogP contribution in [-0.4, -0.2) is 31.6 Å². The molecule has 0 aliphatic carbocycles. The first-order chi connectivity index (χ1) is 10.2. The van der Waals surface area contributed by atoms with Crippen LogP contribution in [0.5, 0.6) is 5.75 Å². The molecule has 0 unspecified atom stereocenters. The second-order valence-corrected chi connectivity index (χ2v) is 4.24. The monoisotopic (exact) mass is 285 g/mol. The quantitative estimate of drug-likeness (QED) is 0.540. The first kappa shape index (κ1) is 12.9. The molecule has 8 heteroatoms. The van der Waals surface area contributed by atoms with E-state index in [9.17, 15) is 10.1 Å². The normalized spacial score (nSPS) is 10.5. The van der Waals surface area contributed by atoms with Gasteiger partial charge >= 0.3 is 5.69 Å². The van der Waals surface area contributed by atoms with Gasteiger partial charge in [-0.2, -0.15) is 10.2 Å². The van der Waals surface area contributed by atoms with E-state index >= 15 is 0 Å². The van der Waals surface area contributed by atoms with Gasteiger partial charge in [0.25, 0.3) is 0 Å². The number of hydrogen-bond donors (Lipinski definition) is 0. The molecule has 0 saturated heterocycles. The molecule has 0 atom stereocenters. The molecule has 0 aliphatic rings. The van der Waals surface area contributed by atoms with Crippen molar-refractivity contribution in [3.63, 3.8) is 0 Å². The zero-order chi connectivity index (χ0) is 14.8. The average Bonchev–Trinajstić information content (AvgIpc) is 3.16. The summed E-state index contributed by atoms with van der Waals surface area (Å²) >= 11 is 0. The van der Waals surface area contributed by atoms with Crippen molar-refractivity contribution in [3.05, 3.63) is 59.2 Å². The van der Waals surface area contributed by atoms with Crippen molar-refractivity contribution < 1.29 is 9.66 Å². The Morgan fingerprint density at radius 1 is 1.05 bits per heavy atom. The summed E-state index contributed by atoms with van der Waals surface area (Å²) in [6.07, 6.45) is 5.86. The van der Waals surface area contributed by atoms with Crippen LogP contribution in [0.25, 0.3) is 11.4 Å². The molecule has 8 nitrogen and oxygen atoms in total. The van der Waals surface area contributed by atoms with Crippen molar-refractivity contribution in [2.45, 2.75) is 0 Å². The van der Waals surface area contributed by atoms with Crippen molar-refractivity contribution in [1.29, 1.82) is 0 Å². The Kier molecular flexibility index (Phi) is 3.11. The Labute approximate surface area is 119 Å². The van der Waals surface area contributed by atoms with Crippen LogP contribution >= 0.6 is 0 Å². The lowest BCUT2D eigenvalue weighted by molar-refractivity contribution is -0.384. The van der Waals surface area contributed by atoms with E-state index in [2.05, 4.69) is 10.2 Å². The van der Waals surface area contributed by atoms with E-state index in [1.807, 2.05) is 24.3 Å². The minimum Gasteiger partial charge on any atom is -0.497 e. The van der Waals surface area contributed by atoms with Gasteiger partial charge < -0.3 is 4.74 Å². The van der Waals surface area contributed by atoms with Crippen LogP contribution in [0.2, 0.25) is 0 Å². The third-order valence-electron chi connectivity index (χ3n) is 2.95. The van der Waals surface area contributed by atoms with Gasteiger partial charge in [-0.05, 0) is 24.3 Å². The summed E-state index contributed by atoms with van der Waals surface area (Å²) in [5.74, 6) is 0.758. The maximum absolute atomic E-state index is 10.7. The smallest absolute Gasteiger partial charge is 0.307 e. The standard InChI is InChI=1S/C13H11N5O3/c1-21-13-4-2-10(3-5-13)16-8-11(6-14-16)17-9-12(7-15-17)18(19)20/h2-9H,1H3. The molecule has 21 heavy (non-hydrogen) atoms. The maximum Gasteiger partial charge on any atom is 0.307 e. The average molecular weight is 285 g/mol. The third-order valence-corrected chi connectivity index (χ3v) is 2.95. The fraction of sp³-hybridized carbons (Fsp3) is 0.0769. The molecule has 0 amide bonds. The molecule has 3 rings (SSSR count). The Hall–Kier alpha value is -3.16. The summed E-state index contributed by atoms with van der Waals surface area (Å²) in [7, 11) is 1.60. The number of benzene rings is 1. The summed E-state index contributed by atoms with van der Waals surface area (Å²) in [6, 6.07) is 7.38. The summed E-state index contributed by atoms with van der Waals surface area (Å²) in [6.45, 7) is 0. The summed E-state index contributed by atoms with van der Waals surface area (Å²) in [4.78, 5) is 10.2. The topological polar surface area (TPSA) is 88.0 Å². The first-order valence-corrected chi connectivity index (χ1v) is 6.06. The van der Waals surface area contributed by atoms with E-state index in [1.54, 1.807) is 24.2 Å². The number of nitrogens with zero attached hydrogens (tertiary/aromatic N) is 5. The van der Waals surface area contributed by atoms with Gasteiger partial charge in [0, 0.05) is 0 Å². The lowest BCUT2D eigenvalue weighted by Gasteiger charge is -2.02. The molecule has 106 valence electrons. The number of nitro groups is 1. The molecule has 2 aromatic heterocycles. The van der Waals surface area contributed by atoms with Crippen molar-refractivity contribution in [3.8, 4) is 17.1 Å². The van der Waals surface area contributed by atoms with Gasteiger partial charge in [0.15, 0.2) is 0 Å². The molecular weight excluding hydrogens is 274 g/mol. The van der Waals surface area contributed by atoms with Crippen LogP contribution in [-0.2, 0) is 0 Å². The van der Waals surface area contributed by atoms with Gasteiger partial charge in [-0.25, -0.2) is 9.36 Å².